The van der Waals surface area contributed by atoms with Gasteiger partial charge in [-0.25, -0.2) is 0 Å². The van der Waals surface area contributed by atoms with Gasteiger partial charge in [0, 0.05) is 0 Å². The number of fused-ring (bicyclic) bond motifs is 1. The van der Waals surface area contributed by atoms with Crippen LogP contribution in [0.25, 0.3) is 0 Å². The van der Waals surface area contributed by atoms with Gasteiger partial charge in [0.25, 0.3) is 0 Å². The predicted molar refractivity (Wildman–Crippen MR) is 105 cm³/mol. The van der Waals surface area contributed by atoms with Gasteiger partial charge in [0.2, 0.25) is 5.16 Å². The minimum absolute atomic E-state index is 0.0358. The standard InChI is InChI=1S/C18H16N4O4S2/c1-25-11-4-6-12(7-5-11)26-10-15-19-20-18-22(15)21-17(13-3-2-8-27-13)14(28-18)9-16(23)24/h2-8,14H,9-10H2,1H3,(H,23,24). The lowest BCUT2D eigenvalue weighted by atomic mass is 10.1. The van der Waals surface area contributed by atoms with Crippen LogP contribution in [0.4, 0.5) is 0 Å². The molecular weight excluding hydrogens is 400 g/mol. The van der Waals surface area contributed by atoms with Gasteiger partial charge in [-0.3, -0.25) is 4.79 Å². The molecule has 0 aliphatic carbocycles. The number of thiophene rings is 1. The van der Waals surface area contributed by atoms with Crippen LogP contribution in [-0.2, 0) is 11.4 Å². The number of hydrogen-bond donors (Lipinski definition) is 1. The zero-order valence-corrected chi connectivity index (χ0v) is 16.4. The van der Waals surface area contributed by atoms with Crippen LogP contribution in [0.5, 0.6) is 11.5 Å². The number of benzene rings is 1. The maximum Gasteiger partial charge on any atom is 0.304 e. The third kappa shape index (κ3) is 3.87. The van der Waals surface area contributed by atoms with E-state index in [0.717, 1.165) is 10.6 Å². The lowest BCUT2D eigenvalue weighted by Crippen LogP contribution is -2.26. The van der Waals surface area contributed by atoms with Crippen LogP contribution in [-0.4, -0.2) is 44.0 Å². The first-order valence-electron chi connectivity index (χ1n) is 8.36. The second-order valence-corrected chi connectivity index (χ2v) is 7.96. The number of carboxylic acids is 1. The van der Waals surface area contributed by atoms with Crippen molar-refractivity contribution in [3.8, 4) is 11.5 Å². The van der Waals surface area contributed by atoms with Crippen molar-refractivity contribution in [2.24, 2.45) is 5.10 Å². The molecule has 1 aromatic carbocycles. The van der Waals surface area contributed by atoms with Crippen molar-refractivity contribution in [1.29, 1.82) is 0 Å². The average Bonchev–Trinajstić information content (AvgIpc) is 3.35. The number of methoxy groups -OCH3 is 1. The SMILES string of the molecule is COc1ccc(OCc2nnc3n2N=C(c2cccs2)C(CC(=O)O)S3)cc1. The molecule has 0 bridgehead atoms. The summed E-state index contributed by atoms with van der Waals surface area (Å²) in [5.74, 6) is 1.09. The van der Waals surface area contributed by atoms with E-state index in [1.807, 2.05) is 41.8 Å². The largest absolute Gasteiger partial charge is 0.497 e. The summed E-state index contributed by atoms with van der Waals surface area (Å²) in [6.07, 6.45) is -0.0358. The quantitative estimate of drug-likeness (QED) is 0.632. The molecule has 4 rings (SSSR count). The minimum atomic E-state index is -0.877. The molecule has 10 heteroatoms. The summed E-state index contributed by atoms with van der Waals surface area (Å²) >= 11 is 2.87. The van der Waals surface area contributed by atoms with Crippen LogP contribution < -0.4 is 9.47 Å². The molecule has 0 amide bonds. The zero-order valence-electron chi connectivity index (χ0n) is 14.8. The van der Waals surface area contributed by atoms with Gasteiger partial charge in [0.05, 0.1) is 29.4 Å². The molecule has 28 heavy (non-hydrogen) atoms. The fourth-order valence-electron chi connectivity index (χ4n) is 2.66. The Balaban J connectivity index is 1.58. The molecule has 1 aliphatic heterocycles. The Kier molecular flexibility index (Phi) is 5.31. The average molecular weight is 416 g/mol. The number of hydrogen-bond acceptors (Lipinski definition) is 8. The Hall–Kier alpha value is -2.85. The van der Waals surface area contributed by atoms with E-state index in [2.05, 4.69) is 15.3 Å². The number of thioether (sulfide) groups is 1. The molecule has 0 saturated heterocycles. The van der Waals surface area contributed by atoms with Gasteiger partial charge in [-0.2, -0.15) is 9.78 Å². The summed E-state index contributed by atoms with van der Waals surface area (Å²) < 4.78 is 12.5. The third-order valence-electron chi connectivity index (χ3n) is 4.00. The highest BCUT2D eigenvalue weighted by Gasteiger charge is 2.31. The lowest BCUT2D eigenvalue weighted by molar-refractivity contribution is -0.136. The predicted octanol–water partition coefficient (Wildman–Crippen LogP) is 3.13. The van der Waals surface area contributed by atoms with E-state index in [1.165, 1.54) is 23.1 Å². The van der Waals surface area contributed by atoms with Crippen LogP contribution >= 0.6 is 23.1 Å². The first-order chi connectivity index (χ1) is 13.6. The van der Waals surface area contributed by atoms with E-state index in [1.54, 1.807) is 11.8 Å². The molecule has 1 N–H and O–H groups in total. The maximum absolute atomic E-state index is 11.3. The summed E-state index contributed by atoms with van der Waals surface area (Å²) in [4.78, 5) is 12.2. The summed E-state index contributed by atoms with van der Waals surface area (Å²) in [6.45, 7) is 0.185. The zero-order chi connectivity index (χ0) is 19.5. The maximum atomic E-state index is 11.3. The summed E-state index contributed by atoms with van der Waals surface area (Å²) in [5.41, 5.74) is 0.709. The topological polar surface area (TPSA) is 98.8 Å². The monoisotopic (exact) mass is 416 g/mol. The number of carbonyl (C=O) groups is 1. The molecule has 2 aromatic heterocycles. The molecule has 3 aromatic rings. The molecule has 1 aliphatic rings. The molecule has 1 unspecified atom stereocenters. The molecule has 0 radical (unpaired) electrons. The Morgan fingerprint density at radius 1 is 1.21 bits per heavy atom. The number of aliphatic carboxylic acids is 1. The summed E-state index contributed by atoms with van der Waals surface area (Å²) in [5, 5.41) is 24.4. The summed E-state index contributed by atoms with van der Waals surface area (Å²) in [6, 6.07) is 11.1. The van der Waals surface area contributed by atoms with E-state index in [4.69, 9.17) is 9.47 Å². The Morgan fingerprint density at radius 2 is 2.00 bits per heavy atom. The van der Waals surface area contributed by atoms with Crippen LogP contribution in [0, 0.1) is 0 Å². The molecule has 3 heterocycles. The number of aromatic nitrogens is 3. The van der Waals surface area contributed by atoms with Gasteiger partial charge in [-0.1, -0.05) is 17.8 Å². The van der Waals surface area contributed by atoms with Crippen molar-refractivity contribution in [2.45, 2.75) is 23.4 Å². The lowest BCUT2D eigenvalue weighted by Gasteiger charge is -2.21. The Labute approximate surface area is 168 Å². The van der Waals surface area contributed by atoms with Crippen molar-refractivity contribution in [2.75, 3.05) is 7.11 Å². The molecular formula is C18H16N4O4S2. The van der Waals surface area contributed by atoms with Gasteiger partial charge in [-0.15, -0.1) is 21.5 Å². The fraction of sp³-hybridized carbons (Fsp3) is 0.222. The molecule has 1 atom stereocenters. The van der Waals surface area contributed by atoms with Gasteiger partial charge in [0.15, 0.2) is 5.82 Å². The van der Waals surface area contributed by atoms with Gasteiger partial charge in [0.1, 0.15) is 18.1 Å². The van der Waals surface area contributed by atoms with Crippen LogP contribution in [0.1, 0.15) is 17.1 Å². The van der Waals surface area contributed by atoms with Gasteiger partial charge < -0.3 is 14.6 Å². The highest BCUT2D eigenvalue weighted by Crippen LogP contribution is 2.33. The highest BCUT2D eigenvalue weighted by atomic mass is 32.2. The van der Waals surface area contributed by atoms with Gasteiger partial charge in [-0.05, 0) is 35.7 Å². The second kappa shape index (κ2) is 8.03. The van der Waals surface area contributed by atoms with Crippen LogP contribution in [0.15, 0.2) is 52.0 Å². The van der Waals surface area contributed by atoms with Crippen molar-refractivity contribution in [1.82, 2.24) is 14.9 Å². The van der Waals surface area contributed by atoms with Crippen molar-refractivity contribution >= 4 is 34.8 Å². The summed E-state index contributed by atoms with van der Waals surface area (Å²) in [7, 11) is 1.61. The highest BCUT2D eigenvalue weighted by molar-refractivity contribution is 8.00. The van der Waals surface area contributed by atoms with E-state index in [9.17, 15) is 9.90 Å². The van der Waals surface area contributed by atoms with E-state index < -0.39 is 5.97 Å². The first-order valence-corrected chi connectivity index (χ1v) is 10.1. The normalized spacial score (nSPS) is 15.6. The first kappa shape index (κ1) is 18.5. The molecule has 0 spiro atoms. The van der Waals surface area contributed by atoms with E-state index in [0.29, 0.717) is 22.4 Å². The molecule has 0 saturated carbocycles. The van der Waals surface area contributed by atoms with Crippen LogP contribution in [0.2, 0.25) is 0 Å². The Morgan fingerprint density at radius 3 is 2.68 bits per heavy atom. The van der Waals surface area contributed by atoms with E-state index >= 15 is 0 Å². The van der Waals surface area contributed by atoms with Crippen molar-refractivity contribution in [3.05, 3.63) is 52.5 Å². The third-order valence-corrected chi connectivity index (χ3v) is 6.03. The number of nitrogens with zero attached hydrogens (tertiary/aromatic N) is 4. The van der Waals surface area contributed by atoms with Crippen molar-refractivity contribution < 1.29 is 19.4 Å². The van der Waals surface area contributed by atoms with Gasteiger partial charge >= 0.3 is 5.97 Å². The Bertz CT molecular complexity index is 999. The number of ether oxygens (including phenoxy) is 2. The minimum Gasteiger partial charge on any atom is -0.497 e. The van der Waals surface area contributed by atoms with Crippen molar-refractivity contribution in [3.63, 3.8) is 0 Å². The second-order valence-electron chi connectivity index (χ2n) is 5.84. The van der Waals surface area contributed by atoms with E-state index in [-0.39, 0.29) is 18.3 Å². The van der Waals surface area contributed by atoms with Crippen LogP contribution in [0.3, 0.4) is 0 Å². The molecule has 0 fully saturated rings. The molecule has 144 valence electrons. The molecule has 8 nitrogen and oxygen atoms in total. The smallest absolute Gasteiger partial charge is 0.304 e. The fourth-order valence-corrected chi connectivity index (χ4v) is 4.60. The number of carboxylic acid groups (broad SMARTS) is 1. The number of rotatable bonds is 7.